The van der Waals surface area contributed by atoms with Crippen LogP contribution in [0.15, 0.2) is 0 Å². The molecular weight excluding hydrogens is 246 g/mol. The fraction of sp³-hybridized carbons (Fsp3) is 0.556. The van der Waals surface area contributed by atoms with Crippen molar-refractivity contribution < 1.29 is 9.53 Å². The molecule has 0 atom stereocenters. The molecule has 0 unspecified atom stereocenters. The van der Waals surface area contributed by atoms with E-state index in [0.29, 0.717) is 5.56 Å². The van der Waals surface area contributed by atoms with Gasteiger partial charge in [-0.05, 0) is 11.5 Å². The van der Waals surface area contributed by atoms with Crippen molar-refractivity contribution >= 4 is 40.1 Å². The van der Waals surface area contributed by atoms with Gasteiger partial charge in [-0.2, -0.15) is 16.1 Å². The van der Waals surface area contributed by atoms with Crippen LogP contribution >= 0.6 is 23.3 Å². The van der Waals surface area contributed by atoms with Gasteiger partial charge in [0.05, 0.1) is 7.11 Å². The Morgan fingerprint density at radius 1 is 1.50 bits per heavy atom. The second-order valence-electron chi connectivity index (χ2n) is 3.34. The maximum Gasteiger partial charge on any atom is 0.344 e. The topological polar surface area (TPSA) is 68.5 Å². The van der Waals surface area contributed by atoms with Crippen LogP contribution in [0.1, 0.15) is 10.4 Å². The van der Waals surface area contributed by atoms with E-state index in [9.17, 15) is 4.79 Å². The molecule has 1 aromatic heterocycles. The molecule has 2 heterocycles. The average molecular weight is 259 g/mol. The molecule has 1 aliphatic rings. The first-order valence-electron chi connectivity index (χ1n) is 4.90. The van der Waals surface area contributed by atoms with Crippen molar-refractivity contribution in [3.63, 3.8) is 0 Å². The zero-order chi connectivity index (χ0) is 11.5. The molecule has 0 amide bonds. The molecule has 0 saturated carbocycles. The van der Waals surface area contributed by atoms with Crippen LogP contribution in [0.4, 0.5) is 10.8 Å². The number of carbonyl (C=O) groups is 1. The zero-order valence-electron chi connectivity index (χ0n) is 8.93. The second-order valence-corrected chi connectivity index (χ2v) is 5.32. The van der Waals surface area contributed by atoms with E-state index < -0.39 is 5.97 Å². The number of thioether (sulfide) groups is 1. The average Bonchev–Trinajstić information content (AvgIpc) is 2.71. The highest BCUT2D eigenvalue weighted by Gasteiger charge is 2.25. The van der Waals surface area contributed by atoms with Crippen molar-refractivity contribution in [1.82, 2.24) is 4.37 Å². The number of aromatic nitrogens is 1. The predicted molar refractivity (Wildman–Crippen MR) is 67.4 cm³/mol. The van der Waals surface area contributed by atoms with Crippen LogP contribution in [0.5, 0.6) is 0 Å². The summed E-state index contributed by atoms with van der Waals surface area (Å²) in [5.41, 5.74) is 6.11. The van der Waals surface area contributed by atoms with E-state index >= 15 is 0 Å². The highest BCUT2D eigenvalue weighted by molar-refractivity contribution is 7.99. The maximum atomic E-state index is 11.6. The molecule has 0 spiro atoms. The first-order chi connectivity index (χ1) is 7.74. The summed E-state index contributed by atoms with van der Waals surface area (Å²) < 4.78 is 8.75. The number of hydrogen-bond acceptors (Lipinski definition) is 7. The molecule has 2 N–H and O–H groups in total. The minimum atomic E-state index is -0.403. The molecule has 1 fully saturated rings. The molecule has 0 aliphatic carbocycles. The molecule has 5 nitrogen and oxygen atoms in total. The molecule has 1 saturated heterocycles. The SMILES string of the molecule is COC(=O)c1c(N)nsc1N1CCSCC1. The fourth-order valence-corrected chi connectivity index (χ4v) is 3.33. The lowest BCUT2D eigenvalue weighted by molar-refractivity contribution is 0.0603. The second kappa shape index (κ2) is 4.92. The number of rotatable bonds is 2. The third kappa shape index (κ3) is 2.10. The monoisotopic (exact) mass is 259 g/mol. The van der Waals surface area contributed by atoms with E-state index in [1.807, 2.05) is 11.8 Å². The highest BCUT2D eigenvalue weighted by Crippen LogP contribution is 2.32. The van der Waals surface area contributed by atoms with E-state index in [1.165, 1.54) is 18.6 Å². The highest BCUT2D eigenvalue weighted by atomic mass is 32.2. The predicted octanol–water partition coefficient (Wildman–Crippen LogP) is 1.07. The van der Waals surface area contributed by atoms with Crippen molar-refractivity contribution in [3.8, 4) is 0 Å². The molecule has 16 heavy (non-hydrogen) atoms. The summed E-state index contributed by atoms with van der Waals surface area (Å²) in [6.45, 7) is 1.85. The summed E-state index contributed by atoms with van der Waals surface area (Å²) in [4.78, 5) is 13.7. The molecule has 0 radical (unpaired) electrons. The summed E-state index contributed by atoms with van der Waals surface area (Å²) in [5.74, 6) is 2.00. The molecule has 1 aliphatic heterocycles. The van der Waals surface area contributed by atoms with Gasteiger partial charge in [0.25, 0.3) is 0 Å². The maximum absolute atomic E-state index is 11.6. The smallest absolute Gasteiger partial charge is 0.344 e. The number of anilines is 2. The number of ether oxygens (including phenoxy) is 1. The number of esters is 1. The van der Waals surface area contributed by atoms with E-state index in [1.54, 1.807) is 0 Å². The molecular formula is C9H13N3O2S2. The Kier molecular flexibility index (Phi) is 3.55. The third-order valence-corrected chi connectivity index (χ3v) is 4.25. The van der Waals surface area contributed by atoms with Gasteiger partial charge >= 0.3 is 5.97 Å². The molecule has 88 valence electrons. The molecule has 2 rings (SSSR count). The Balaban J connectivity index is 2.29. The van der Waals surface area contributed by atoms with Crippen LogP contribution in [0, 0.1) is 0 Å². The van der Waals surface area contributed by atoms with Gasteiger partial charge in [0, 0.05) is 24.6 Å². The first kappa shape index (κ1) is 11.5. The minimum absolute atomic E-state index is 0.269. The van der Waals surface area contributed by atoms with Gasteiger partial charge in [-0.1, -0.05) is 0 Å². The number of nitrogens with zero attached hydrogens (tertiary/aromatic N) is 2. The Labute approximate surface area is 102 Å². The lowest BCUT2D eigenvalue weighted by Crippen LogP contribution is -2.32. The standard InChI is InChI=1S/C9H13N3O2S2/c1-14-9(13)6-7(10)11-16-8(6)12-2-4-15-5-3-12/h2-5H2,1H3,(H2,10,11). The minimum Gasteiger partial charge on any atom is -0.465 e. The van der Waals surface area contributed by atoms with E-state index in [2.05, 4.69) is 9.27 Å². The molecule has 0 aromatic carbocycles. The zero-order valence-corrected chi connectivity index (χ0v) is 10.6. The van der Waals surface area contributed by atoms with Gasteiger partial charge in [-0.3, -0.25) is 0 Å². The van der Waals surface area contributed by atoms with Gasteiger partial charge in [0.15, 0.2) is 5.82 Å². The Hall–Kier alpha value is -0.950. The Morgan fingerprint density at radius 2 is 2.19 bits per heavy atom. The van der Waals surface area contributed by atoms with Gasteiger partial charge in [0.1, 0.15) is 10.6 Å². The largest absolute Gasteiger partial charge is 0.465 e. The van der Waals surface area contributed by atoms with Gasteiger partial charge < -0.3 is 15.4 Å². The Morgan fingerprint density at radius 3 is 2.81 bits per heavy atom. The number of hydrogen-bond donors (Lipinski definition) is 1. The quantitative estimate of drug-likeness (QED) is 0.801. The first-order valence-corrected chi connectivity index (χ1v) is 6.83. The van der Waals surface area contributed by atoms with Crippen molar-refractivity contribution in [1.29, 1.82) is 0 Å². The van der Waals surface area contributed by atoms with E-state index in [0.717, 1.165) is 29.6 Å². The van der Waals surface area contributed by atoms with Crippen LogP contribution in [-0.4, -0.2) is 42.0 Å². The van der Waals surface area contributed by atoms with Gasteiger partial charge in [-0.25, -0.2) is 4.79 Å². The number of nitrogens with two attached hydrogens (primary N) is 1. The number of nitrogen functional groups attached to an aromatic ring is 1. The van der Waals surface area contributed by atoms with Crippen LogP contribution < -0.4 is 10.6 Å². The number of carbonyl (C=O) groups excluding carboxylic acids is 1. The summed E-state index contributed by atoms with van der Waals surface area (Å²) in [5, 5.41) is 0.838. The van der Waals surface area contributed by atoms with Crippen LogP contribution in [0.2, 0.25) is 0 Å². The Bertz CT molecular complexity index is 388. The lowest BCUT2D eigenvalue weighted by atomic mass is 10.3. The van der Waals surface area contributed by atoms with Gasteiger partial charge in [0.2, 0.25) is 0 Å². The summed E-state index contributed by atoms with van der Waals surface area (Å²) in [7, 11) is 1.36. The molecule has 1 aromatic rings. The van der Waals surface area contributed by atoms with Crippen molar-refractivity contribution in [2.75, 3.05) is 42.3 Å². The fourth-order valence-electron chi connectivity index (χ4n) is 1.57. The normalized spacial score (nSPS) is 16.2. The van der Waals surface area contributed by atoms with Crippen molar-refractivity contribution in [2.24, 2.45) is 0 Å². The summed E-state index contributed by atoms with van der Waals surface area (Å²) in [6.07, 6.45) is 0. The van der Waals surface area contributed by atoms with E-state index in [4.69, 9.17) is 10.5 Å². The summed E-state index contributed by atoms with van der Waals surface area (Å²) in [6, 6.07) is 0. The van der Waals surface area contributed by atoms with Crippen LogP contribution in [0.3, 0.4) is 0 Å². The molecule has 7 heteroatoms. The van der Waals surface area contributed by atoms with E-state index in [-0.39, 0.29) is 5.82 Å². The third-order valence-electron chi connectivity index (χ3n) is 2.39. The van der Waals surface area contributed by atoms with Crippen molar-refractivity contribution in [2.45, 2.75) is 0 Å². The molecule has 0 bridgehead atoms. The van der Waals surface area contributed by atoms with Crippen LogP contribution in [0.25, 0.3) is 0 Å². The lowest BCUT2D eigenvalue weighted by Gasteiger charge is -2.27. The summed E-state index contributed by atoms with van der Waals surface area (Å²) >= 11 is 3.18. The number of methoxy groups -OCH3 is 1. The van der Waals surface area contributed by atoms with Crippen LogP contribution in [-0.2, 0) is 4.74 Å². The van der Waals surface area contributed by atoms with Gasteiger partial charge in [-0.15, -0.1) is 0 Å². The van der Waals surface area contributed by atoms with Crippen molar-refractivity contribution in [3.05, 3.63) is 5.56 Å².